The molecule has 0 unspecified atom stereocenters. The van der Waals surface area contributed by atoms with Crippen molar-refractivity contribution in [2.24, 2.45) is 0 Å². The van der Waals surface area contributed by atoms with E-state index in [1.807, 2.05) is 6.07 Å². The second kappa shape index (κ2) is 9.72. The van der Waals surface area contributed by atoms with Crippen molar-refractivity contribution in [3.63, 3.8) is 0 Å². The van der Waals surface area contributed by atoms with Gasteiger partial charge in [0.15, 0.2) is 0 Å². The zero-order valence-corrected chi connectivity index (χ0v) is 17.2. The van der Waals surface area contributed by atoms with E-state index >= 15 is 0 Å². The fourth-order valence-electron chi connectivity index (χ4n) is 2.86. The number of benzene rings is 1. The van der Waals surface area contributed by atoms with Crippen LogP contribution in [0.15, 0.2) is 35.5 Å². The number of rotatable bonds is 9. The minimum absolute atomic E-state index is 0.0532. The lowest BCUT2D eigenvalue weighted by Crippen LogP contribution is -2.36. The number of aromatic nitrogens is 2. The average Bonchev–Trinajstić information content (AvgIpc) is 2.77. The molecule has 2 N–H and O–H groups in total. The Hall–Kier alpha value is -2.63. The fraction of sp³-hybridized carbons (Fsp3) is 0.444. The Morgan fingerprint density at radius 1 is 1.10 bits per heavy atom. The predicted octanol–water partition coefficient (Wildman–Crippen LogP) is 0.721. The highest BCUT2D eigenvalue weighted by atomic mass is 32.2. The Morgan fingerprint density at radius 3 is 2.62 bits per heavy atom. The van der Waals surface area contributed by atoms with Gasteiger partial charge >= 0.3 is 0 Å². The van der Waals surface area contributed by atoms with Gasteiger partial charge in [-0.1, -0.05) is 0 Å². The molecule has 0 spiro atoms. The maximum Gasteiger partial charge on any atom is 0.244 e. The lowest BCUT2D eigenvalue weighted by molar-refractivity contribution is 0.122. The molecule has 11 heteroatoms. The van der Waals surface area contributed by atoms with Crippen LogP contribution in [-0.2, 0) is 14.8 Å². The largest absolute Gasteiger partial charge is 0.497 e. The Kier molecular flexibility index (Phi) is 7.07. The quantitative estimate of drug-likeness (QED) is 0.563. The summed E-state index contributed by atoms with van der Waals surface area (Å²) in [5.41, 5.74) is 0. The normalized spacial score (nSPS) is 14.5. The molecule has 0 bridgehead atoms. The second-order valence-electron chi connectivity index (χ2n) is 6.20. The van der Waals surface area contributed by atoms with Crippen molar-refractivity contribution in [1.82, 2.24) is 14.7 Å². The Balaban J connectivity index is 1.56. The number of nitrogens with one attached hydrogen (secondary N) is 2. The van der Waals surface area contributed by atoms with Gasteiger partial charge in [-0.05, 0) is 12.1 Å². The average molecular weight is 423 g/mol. The second-order valence-corrected chi connectivity index (χ2v) is 7.94. The van der Waals surface area contributed by atoms with Crippen molar-refractivity contribution in [3.8, 4) is 11.5 Å². The van der Waals surface area contributed by atoms with Crippen LogP contribution in [0, 0.1) is 0 Å². The van der Waals surface area contributed by atoms with E-state index in [4.69, 9.17) is 14.2 Å². The van der Waals surface area contributed by atoms with Crippen molar-refractivity contribution in [3.05, 3.63) is 30.6 Å². The lowest BCUT2D eigenvalue weighted by Gasteiger charge is -2.27. The summed E-state index contributed by atoms with van der Waals surface area (Å²) in [6.07, 6.45) is 1.49. The van der Waals surface area contributed by atoms with Gasteiger partial charge in [-0.3, -0.25) is 0 Å². The van der Waals surface area contributed by atoms with Gasteiger partial charge in [-0.2, -0.15) is 0 Å². The van der Waals surface area contributed by atoms with Crippen molar-refractivity contribution < 1.29 is 22.6 Å². The summed E-state index contributed by atoms with van der Waals surface area (Å²) >= 11 is 0. The zero-order valence-electron chi connectivity index (χ0n) is 16.4. The van der Waals surface area contributed by atoms with Gasteiger partial charge in [-0.15, -0.1) is 0 Å². The van der Waals surface area contributed by atoms with Gasteiger partial charge < -0.3 is 24.4 Å². The standard InChI is InChI=1S/C18H25N5O5S/c1-26-14-3-4-16(15(11-14)27-2)29(24,25)22-6-5-19-17-12-18(21-13-20-17)23-7-9-28-10-8-23/h3-4,11-13,22H,5-10H2,1-2H3,(H,19,20,21). The van der Waals surface area contributed by atoms with Gasteiger partial charge in [0, 0.05) is 38.3 Å². The van der Waals surface area contributed by atoms with E-state index in [0.29, 0.717) is 31.3 Å². The summed E-state index contributed by atoms with van der Waals surface area (Å²) in [5.74, 6) is 2.18. The third kappa shape index (κ3) is 5.46. The first kappa shape index (κ1) is 21.1. The third-order valence-corrected chi connectivity index (χ3v) is 5.87. The van der Waals surface area contributed by atoms with E-state index in [9.17, 15) is 8.42 Å². The van der Waals surface area contributed by atoms with Crippen LogP contribution in [0.4, 0.5) is 11.6 Å². The summed E-state index contributed by atoms with van der Waals surface area (Å²) in [6.45, 7) is 3.43. The number of sulfonamides is 1. The molecule has 0 amide bonds. The summed E-state index contributed by atoms with van der Waals surface area (Å²) in [4.78, 5) is 10.6. The first-order valence-electron chi connectivity index (χ1n) is 9.14. The molecular weight excluding hydrogens is 398 g/mol. The van der Waals surface area contributed by atoms with Crippen molar-refractivity contribution in [2.45, 2.75) is 4.90 Å². The van der Waals surface area contributed by atoms with Crippen LogP contribution in [0.5, 0.6) is 11.5 Å². The van der Waals surface area contributed by atoms with Crippen LogP contribution < -0.4 is 24.4 Å². The van der Waals surface area contributed by atoms with E-state index in [1.54, 1.807) is 6.07 Å². The smallest absolute Gasteiger partial charge is 0.244 e. The molecule has 1 aromatic carbocycles. The van der Waals surface area contributed by atoms with Crippen LogP contribution >= 0.6 is 0 Å². The number of hydrogen-bond donors (Lipinski definition) is 2. The number of morpholine rings is 1. The SMILES string of the molecule is COc1ccc(S(=O)(=O)NCCNc2cc(N3CCOCC3)ncn2)c(OC)c1. The highest BCUT2D eigenvalue weighted by Gasteiger charge is 2.19. The van der Waals surface area contributed by atoms with Crippen molar-refractivity contribution in [2.75, 3.05) is 63.8 Å². The minimum Gasteiger partial charge on any atom is -0.497 e. The molecule has 0 saturated carbocycles. The number of ether oxygens (including phenoxy) is 3. The van der Waals surface area contributed by atoms with Gasteiger partial charge in [0.25, 0.3) is 0 Å². The summed E-state index contributed by atoms with van der Waals surface area (Å²) < 4.78 is 43.3. The molecule has 29 heavy (non-hydrogen) atoms. The molecule has 158 valence electrons. The molecule has 10 nitrogen and oxygen atoms in total. The predicted molar refractivity (Wildman–Crippen MR) is 108 cm³/mol. The fourth-order valence-corrected chi connectivity index (χ4v) is 4.04. The van der Waals surface area contributed by atoms with Crippen molar-refractivity contribution in [1.29, 1.82) is 0 Å². The first-order valence-corrected chi connectivity index (χ1v) is 10.6. The molecule has 0 radical (unpaired) electrons. The molecular formula is C18H25N5O5S. The van der Waals surface area contributed by atoms with Gasteiger partial charge in [-0.25, -0.2) is 23.1 Å². The molecule has 1 aliphatic rings. The highest BCUT2D eigenvalue weighted by molar-refractivity contribution is 7.89. The summed E-state index contributed by atoms with van der Waals surface area (Å²) in [6, 6.07) is 6.39. The molecule has 0 aliphatic carbocycles. The number of hydrogen-bond acceptors (Lipinski definition) is 9. The summed E-state index contributed by atoms with van der Waals surface area (Å²) in [7, 11) is -0.816. The van der Waals surface area contributed by atoms with Gasteiger partial charge in [0.2, 0.25) is 10.0 Å². The molecule has 1 saturated heterocycles. The zero-order chi connectivity index (χ0) is 20.7. The van der Waals surface area contributed by atoms with Crippen LogP contribution in [0.2, 0.25) is 0 Å². The maximum atomic E-state index is 12.6. The van der Waals surface area contributed by atoms with Crippen LogP contribution in [0.1, 0.15) is 0 Å². The van der Waals surface area contributed by atoms with Crippen molar-refractivity contribution >= 4 is 21.7 Å². The van der Waals surface area contributed by atoms with Crippen LogP contribution in [-0.4, -0.2) is 72.0 Å². The van der Waals surface area contributed by atoms with E-state index in [1.165, 1.54) is 32.7 Å². The molecule has 1 aliphatic heterocycles. The first-order chi connectivity index (χ1) is 14.0. The monoisotopic (exact) mass is 423 g/mol. The van der Waals surface area contributed by atoms with E-state index in [-0.39, 0.29) is 17.2 Å². The lowest BCUT2D eigenvalue weighted by atomic mass is 10.3. The van der Waals surface area contributed by atoms with E-state index < -0.39 is 10.0 Å². The van der Waals surface area contributed by atoms with Gasteiger partial charge in [0.1, 0.15) is 34.4 Å². The molecule has 1 fully saturated rings. The number of nitrogens with zero attached hydrogens (tertiary/aromatic N) is 3. The topological polar surface area (TPSA) is 115 Å². The van der Waals surface area contributed by atoms with E-state index in [0.717, 1.165) is 18.9 Å². The maximum absolute atomic E-state index is 12.6. The molecule has 2 aromatic rings. The molecule has 3 rings (SSSR count). The number of methoxy groups -OCH3 is 2. The molecule has 0 atom stereocenters. The molecule has 2 heterocycles. The third-order valence-electron chi connectivity index (χ3n) is 4.37. The van der Waals surface area contributed by atoms with E-state index in [2.05, 4.69) is 24.9 Å². The van der Waals surface area contributed by atoms with Crippen LogP contribution in [0.3, 0.4) is 0 Å². The Bertz CT molecular complexity index is 919. The molecule has 1 aromatic heterocycles. The Morgan fingerprint density at radius 2 is 1.90 bits per heavy atom. The summed E-state index contributed by atoms with van der Waals surface area (Å²) in [5, 5.41) is 3.11. The highest BCUT2D eigenvalue weighted by Crippen LogP contribution is 2.28. The van der Waals surface area contributed by atoms with Crippen LogP contribution in [0.25, 0.3) is 0 Å². The Labute approximate surface area is 170 Å². The number of anilines is 2. The minimum atomic E-state index is -3.73. The van der Waals surface area contributed by atoms with Gasteiger partial charge in [0.05, 0.1) is 27.4 Å².